The Morgan fingerprint density at radius 3 is 3.00 bits per heavy atom. The molecule has 3 aliphatic rings. The number of thioether (sulfide) groups is 1. The summed E-state index contributed by atoms with van der Waals surface area (Å²) in [6.07, 6.45) is 2.55. The van der Waals surface area contributed by atoms with Gasteiger partial charge in [-0.15, -0.1) is 0 Å². The second kappa shape index (κ2) is 4.12. The molecule has 0 aromatic heterocycles. The van der Waals surface area contributed by atoms with Crippen LogP contribution in [0.25, 0.3) is 0 Å². The first kappa shape index (κ1) is 12.3. The van der Waals surface area contributed by atoms with E-state index in [1.54, 1.807) is 0 Å². The molecule has 2 N–H and O–H groups in total. The van der Waals surface area contributed by atoms with Crippen molar-refractivity contribution in [1.82, 2.24) is 5.32 Å². The van der Waals surface area contributed by atoms with Crippen molar-refractivity contribution in [1.29, 1.82) is 0 Å². The summed E-state index contributed by atoms with van der Waals surface area (Å²) in [5, 5.41) is 14.0. The summed E-state index contributed by atoms with van der Waals surface area (Å²) in [5.74, 6) is 2.65. The Bertz CT molecular complexity index is 302. The molecular weight excluding hydrogens is 234 g/mol. The van der Waals surface area contributed by atoms with Crippen LogP contribution in [0, 0.1) is 11.3 Å². The molecule has 98 valence electrons. The number of hydrogen-bond donors (Lipinski definition) is 2. The van der Waals surface area contributed by atoms with E-state index in [-0.39, 0.29) is 5.41 Å². The summed E-state index contributed by atoms with van der Waals surface area (Å²) >= 11 is 1.86. The third-order valence-electron chi connectivity index (χ3n) is 4.83. The monoisotopic (exact) mass is 257 g/mol. The Morgan fingerprint density at radius 2 is 2.29 bits per heavy atom. The van der Waals surface area contributed by atoms with Crippen LogP contribution in [-0.2, 0) is 4.74 Å². The molecule has 4 heteroatoms. The van der Waals surface area contributed by atoms with E-state index in [9.17, 15) is 5.11 Å². The fraction of sp³-hybridized carbons (Fsp3) is 1.00. The molecule has 3 rings (SSSR count). The van der Waals surface area contributed by atoms with Crippen LogP contribution in [0.2, 0.25) is 0 Å². The molecule has 1 aliphatic carbocycles. The highest BCUT2D eigenvalue weighted by atomic mass is 32.2. The van der Waals surface area contributed by atoms with Gasteiger partial charge in [-0.05, 0) is 18.6 Å². The van der Waals surface area contributed by atoms with Crippen molar-refractivity contribution in [3.05, 3.63) is 0 Å². The van der Waals surface area contributed by atoms with Crippen molar-refractivity contribution < 1.29 is 9.84 Å². The summed E-state index contributed by atoms with van der Waals surface area (Å²) in [5.41, 5.74) is -0.241. The second-order valence-corrected chi connectivity index (χ2v) is 7.56. The third kappa shape index (κ3) is 1.93. The lowest BCUT2D eigenvalue weighted by atomic mass is 9.57. The van der Waals surface area contributed by atoms with Gasteiger partial charge in [0.15, 0.2) is 0 Å². The number of rotatable bonds is 3. The topological polar surface area (TPSA) is 41.5 Å². The van der Waals surface area contributed by atoms with Gasteiger partial charge < -0.3 is 15.2 Å². The maximum atomic E-state index is 10.4. The highest BCUT2D eigenvalue weighted by Gasteiger charge is 2.59. The Balaban J connectivity index is 1.58. The van der Waals surface area contributed by atoms with E-state index in [0.717, 1.165) is 31.1 Å². The largest absolute Gasteiger partial charge is 0.388 e. The van der Waals surface area contributed by atoms with Gasteiger partial charge in [-0.3, -0.25) is 0 Å². The lowest BCUT2D eigenvalue weighted by molar-refractivity contribution is -0.116. The molecule has 0 radical (unpaired) electrons. The van der Waals surface area contributed by atoms with Crippen LogP contribution in [0.4, 0.5) is 0 Å². The highest BCUT2D eigenvalue weighted by Crippen LogP contribution is 2.52. The molecule has 0 spiro atoms. The van der Waals surface area contributed by atoms with Crippen molar-refractivity contribution >= 4 is 11.8 Å². The Morgan fingerprint density at radius 1 is 1.47 bits per heavy atom. The fourth-order valence-corrected chi connectivity index (χ4v) is 5.07. The molecule has 3 fully saturated rings. The normalized spacial score (nSPS) is 47.8. The Hall–Kier alpha value is 0.230. The van der Waals surface area contributed by atoms with Crippen molar-refractivity contribution in [3.63, 3.8) is 0 Å². The van der Waals surface area contributed by atoms with E-state index in [0.29, 0.717) is 18.1 Å². The average Bonchev–Trinajstić information content (AvgIpc) is 2.86. The first-order valence-corrected chi connectivity index (χ1v) is 7.84. The second-order valence-electron chi connectivity index (χ2n) is 6.45. The maximum Gasteiger partial charge on any atom is 0.0869 e. The molecule has 1 saturated carbocycles. The van der Waals surface area contributed by atoms with Gasteiger partial charge in [0.1, 0.15) is 0 Å². The zero-order valence-corrected chi connectivity index (χ0v) is 11.6. The van der Waals surface area contributed by atoms with E-state index in [2.05, 4.69) is 19.2 Å². The third-order valence-corrected chi connectivity index (χ3v) is 6.07. The quantitative estimate of drug-likeness (QED) is 0.799. The standard InChI is InChI=1S/C13H23NO2S/c1-12(2)10(9-3-5-16-11(9)12)14-7-13(15)4-6-17-8-13/h9-11,14-15H,3-8H2,1-2H3. The van der Waals surface area contributed by atoms with Crippen LogP contribution in [-0.4, -0.2) is 47.5 Å². The van der Waals surface area contributed by atoms with Crippen LogP contribution >= 0.6 is 11.8 Å². The average molecular weight is 257 g/mol. The Labute approximate surface area is 108 Å². The minimum Gasteiger partial charge on any atom is -0.388 e. The van der Waals surface area contributed by atoms with Gasteiger partial charge in [0.05, 0.1) is 11.7 Å². The molecule has 3 nitrogen and oxygen atoms in total. The van der Waals surface area contributed by atoms with Crippen molar-refractivity contribution in [2.24, 2.45) is 11.3 Å². The zero-order valence-electron chi connectivity index (χ0n) is 10.7. The lowest BCUT2D eigenvalue weighted by Crippen LogP contribution is -2.67. The van der Waals surface area contributed by atoms with Crippen LogP contribution < -0.4 is 5.32 Å². The molecule has 2 saturated heterocycles. The van der Waals surface area contributed by atoms with Crippen LogP contribution in [0.1, 0.15) is 26.7 Å². The molecule has 0 aromatic rings. The summed E-state index contributed by atoms with van der Waals surface area (Å²) < 4.78 is 5.79. The number of nitrogens with one attached hydrogen (secondary N) is 1. The van der Waals surface area contributed by atoms with Crippen molar-refractivity contribution in [2.75, 3.05) is 24.7 Å². The summed E-state index contributed by atoms with van der Waals surface area (Å²) in [6, 6.07) is 0.518. The number of hydrogen-bond acceptors (Lipinski definition) is 4. The summed E-state index contributed by atoms with van der Waals surface area (Å²) in [6.45, 7) is 6.23. The molecule has 4 atom stereocenters. The molecular formula is C13H23NO2S. The lowest BCUT2D eigenvalue weighted by Gasteiger charge is -2.55. The van der Waals surface area contributed by atoms with Crippen LogP contribution in [0.3, 0.4) is 0 Å². The number of aliphatic hydroxyl groups is 1. The SMILES string of the molecule is CC1(C)C(NCC2(O)CCSC2)C2CCOC21. The van der Waals surface area contributed by atoms with E-state index >= 15 is 0 Å². The van der Waals surface area contributed by atoms with E-state index in [1.165, 1.54) is 6.42 Å². The zero-order chi connectivity index (χ0) is 12.1. The molecule has 0 aromatic carbocycles. The predicted octanol–water partition coefficient (Wildman–Crippen LogP) is 1.26. The minimum atomic E-state index is -0.467. The molecule has 0 amide bonds. The fourth-order valence-electron chi connectivity index (χ4n) is 3.77. The van der Waals surface area contributed by atoms with Crippen molar-refractivity contribution in [3.8, 4) is 0 Å². The van der Waals surface area contributed by atoms with E-state index < -0.39 is 5.60 Å². The molecule has 4 unspecified atom stereocenters. The molecule has 2 heterocycles. The smallest absolute Gasteiger partial charge is 0.0869 e. The predicted molar refractivity (Wildman–Crippen MR) is 70.3 cm³/mol. The van der Waals surface area contributed by atoms with Gasteiger partial charge in [-0.2, -0.15) is 11.8 Å². The van der Waals surface area contributed by atoms with Gasteiger partial charge in [-0.25, -0.2) is 0 Å². The minimum absolute atomic E-state index is 0.225. The summed E-state index contributed by atoms with van der Waals surface area (Å²) in [4.78, 5) is 0. The number of ether oxygens (including phenoxy) is 1. The first-order valence-electron chi connectivity index (χ1n) is 6.68. The Kier molecular flexibility index (Phi) is 2.97. The molecule has 2 aliphatic heterocycles. The highest BCUT2D eigenvalue weighted by molar-refractivity contribution is 7.99. The first-order chi connectivity index (χ1) is 8.03. The van der Waals surface area contributed by atoms with Gasteiger partial charge in [0.2, 0.25) is 0 Å². The molecule has 17 heavy (non-hydrogen) atoms. The van der Waals surface area contributed by atoms with Crippen LogP contribution in [0.5, 0.6) is 0 Å². The van der Waals surface area contributed by atoms with E-state index in [1.807, 2.05) is 11.8 Å². The van der Waals surface area contributed by atoms with Gasteiger partial charge in [-0.1, -0.05) is 13.8 Å². The van der Waals surface area contributed by atoms with Gasteiger partial charge >= 0.3 is 0 Å². The van der Waals surface area contributed by atoms with Gasteiger partial charge in [0.25, 0.3) is 0 Å². The summed E-state index contributed by atoms with van der Waals surface area (Å²) in [7, 11) is 0. The van der Waals surface area contributed by atoms with E-state index in [4.69, 9.17) is 4.74 Å². The van der Waals surface area contributed by atoms with Gasteiger partial charge in [0, 0.05) is 36.3 Å². The van der Waals surface area contributed by atoms with Crippen molar-refractivity contribution in [2.45, 2.75) is 44.4 Å². The van der Waals surface area contributed by atoms with Crippen LogP contribution in [0.15, 0.2) is 0 Å². The number of fused-ring (bicyclic) bond motifs is 1. The molecule has 0 bridgehead atoms. The maximum absolute atomic E-state index is 10.4.